The third-order valence-corrected chi connectivity index (χ3v) is 2.33. The Morgan fingerprint density at radius 1 is 1.39 bits per heavy atom. The average molecular weight is 283 g/mol. The predicted octanol–water partition coefficient (Wildman–Crippen LogP) is 1.88. The van der Waals surface area contributed by atoms with Crippen LogP contribution >= 0.6 is 11.6 Å². The smallest absolute Gasteiger partial charge is 0.417 e. The number of alkyl halides is 3. The molecule has 0 aromatic carbocycles. The molecule has 0 amide bonds. The lowest BCUT2D eigenvalue weighted by molar-refractivity contribution is -0.137. The highest BCUT2D eigenvalue weighted by Gasteiger charge is 2.32. The Kier molecular flexibility index (Phi) is 3.54. The van der Waals surface area contributed by atoms with Crippen LogP contribution in [0.3, 0.4) is 0 Å². The number of hydrogen-bond donors (Lipinski definition) is 1. The number of halogens is 4. The molecule has 0 aliphatic heterocycles. The van der Waals surface area contributed by atoms with Crippen molar-refractivity contribution in [2.75, 3.05) is 0 Å². The molecular weight excluding hydrogens is 277 g/mol. The molecule has 0 unspecified atom stereocenters. The molecule has 18 heavy (non-hydrogen) atoms. The topological polar surface area (TPSA) is 86.1 Å². The van der Waals surface area contributed by atoms with Crippen LogP contribution < -0.4 is 0 Å². The van der Waals surface area contributed by atoms with Crippen LogP contribution in [0.15, 0.2) is 18.5 Å². The van der Waals surface area contributed by atoms with E-state index in [1.165, 1.54) is 0 Å². The summed E-state index contributed by atoms with van der Waals surface area (Å²) < 4.78 is 38.3. The third kappa shape index (κ3) is 2.39. The summed E-state index contributed by atoms with van der Waals surface area (Å²) in [5.74, 6) is -1.33. The van der Waals surface area contributed by atoms with Crippen molar-refractivity contribution in [2.24, 2.45) is 0 Å². The Hall–Kier alpha value is -1.80. The van der Waals surface area contributed by atoms with Crippen LogP contribution in [0.5, 0.6) is 0 Å². The number of pyridine rings is 1. The average Bonchev–Trinajstić information content (AvgIpc) is 2.60. The molecule has 3 N–H and O–H groups in total. The van der Waals surface area contributed by atoms with E-state index in [4.69, 9.17) is 16.7 Å². The highest BCUT2D eigenvalue weighted by Crippen LogP contribution is 2.32. The van der Waals surface area contributed by atoms with Crippen molar-refractivity contribution >= 4 is 23.2 Å². The molecule has 0 aliphatic carbocycles. The van der Waals surface area contributed by atoms with Gasteiger partial charge in [0.1, 0.15) is 0 Å². The molecule has 0 aliphatic rings. The number of imidazole rings is 1. The van der Waals surface area contributed by atoms with E-state index in [-0.39, 0.29) is 21.8 Å². The Morgan fingerprint density at radius 2 is 2.00 bits per heavy atom. The molecule has 0 saturated heterocycles. The number of aromatic nitrogens is 2. The van der Waals surface area contributed by atoms with Gasteiger partial charge in [0.2, 0.25) is 0 Å². The molecule has 2 heterocycles. The van der Waals surface area contributed by atoms with E-state index in [0.717, 1.165) is 16.8 Å². The van der Waals surface area contributed by atoms with Crippen LogP contribution in [-0.2, 0) is 6.18 Å². The number of hydrogen-bond acceptors (Lipinski definition) is 2. The van der Waals surface area contributed by atoms with Gasteiger partial charge in [-0.15, -0.1) is 0 Å². The summed E-state index contributed by atoms with van der Waals surface area (Å²) in [5.41, 5.74) is -1.37. The number of carboxylic acid groups (broad SMARTS) is 1. The van der Waals surface area contributed by atoms with Crippen LogP contribution in [0.4, 0.5) is 13.2 Å². The monoisotopic (exact) mass is 282 g/mol. The van der Waals surface area contributed by atoms with Crippen LogP contribution in [-0.4, -0.2) is 25.9 Å². The second kappa shape index (κ2) is 4.46. The van der Waals surface area contributed by atoms with Gasteiger partial charge in [0.25, 0.3) is 0 Å². The Balaban J connectivity index is 0.00000162. The number of nitrogens with zero attached hydrogens (tertiary/aromatic N) is 2. The van der Waals surface area contributed by atoms with E-state index in [2.05, 4.69) is 4.98 Å². The number of fused-ring (bicyclic) bond motifs is 1. The maximum absolute atomic E-state index is 12.5. The van der Waals surface area contributed by atoms with E-state index in [1.54, 1.807) is 0 Å². The van der Waals surface area contributed by atoms with Gasteiger partial charge in [-0.05, 0) is 6.07 Å². The number of carbonyl (C=O) groups is 1. The van der Waals surface area contributed by atoms with E-state index in [0.29, 0.717) is 6.07 Å². The van der Waals surface area contributed by atoms with Gasteiger partial charge in [0.05, 0.1) is 10.6 Å². The first-order valence-corrected chi connectivity index (χ1v) is 4.65. The molecule has 2 aromatic rings. The van der Waals surface area contributed by atoms with Gasteiger partial charge in [-0.3, -0.25) is 0 Å². The highest BCUT2D eigenvalue weighted by molar-refractivity contribution is 6.33. The van der Waals surface area contributed by atoms with Crippen LogP contribution in [0.25, 0.3) is 5.65 Å². The van der Waals surface area contributed by atoms with E-state index in [9.17, 15) is 18.0 Å². The predicted molar refractivity (Wildman–Crippen MR) is 55.8 cm³/mol. The molecule has 0 radical (unpaired) electrons. The number of carboxylic acids is 1. The van der Waals surface area contributed by atoms with Gasteiger partial charge in [-0.25, -0.2) is 9.78 Å². The molecule has 5 nitrogen and oxygen atoms in total. The van der Waals surface area contributed by atoms with Crippen molar-refractivity contribution in [3.8, 4) is 0 Å². The van der Waals surface area contributed by atoms with Gasteiger partial charge in [-0.2, -0.15) is 13.2 Å². The van der Waals surface area contributed by atoms with Crippen molar-refractivity contribution in [3.63, 3.8) is 0 Å². The lowest BCUT2D eigenvalue weighted by atomic mass is 10.3. The van der Waals surface area contributed by atoms with Gasteiger partial charge >= 0.3 is 12.1 Å². The summed E-state index contributed by atoms with van der Waals surface area (Å²) in [6.07, 6.45) is -2.84. The normalized spacial score (nSPS) is 11.3. The minimum Gasteiger partial charge on any atom is -0.476 e. The zero-order chi connectivity index (χ0) is 12.8. The first-order chi connectivity index (χ1) is 7.79. The van der Waals surface area contributed by atoms with Gasteiger partial charge in [-0.1, -0.05) is 11.6 Å². The van der Waals surface area contributed by atoms with Crippen molar-refractivity contribution in [1.29, 1.82) is 0 Å². The fourth-order valence-electron chi connectivity index (χ4n) is 1.31. The summed E-state index contributed by atoms with van der Waals surface area (Å²) in [6.45, 7) is 0. The highest BCUT2D eigenvalue weighted by atomic mass is 35.5. The third-order valence-electron chi connectivity index (χ3n) is 2.05. The zero-order valence-corrected chi connectivity index (χ0v) is 9.25. The van der Waals surface area contributed by atoms with E-state index >= 15 is 0 Å². The van der Waals surface area contributed by atoms with Crippen molar-refractivity contribution in [1.82, 2.24) is 9.38 Å². The van der Waals surface area contributed by atoms with E-state index < -0.39 is 17.7 Å². The quantitative estimate of drug-likeness (QED) is 0.866. The molecule has 2 aromatic heterocycles. The molecule has 0 spiro atoms. The Bertz CT molecular complexity index is 609. The first-order valence-electron chi connectivity index (χ1n) is 4.28. The molecule has 0 fully saturated rings. The van der Waals surface area contributed by atoms with E-state index in [1.807, 2.05) is 0 Å². The molecule has 2 rings (SSSR count). The summed E-state index contributed by atoms with van der Waals surface area (Å²) in [6, 6.07) is 0.704. The number of rotatable bonds is 1. The largest absolute Gasteiger partial charge is 0.476 e. The molecule has 9 heteroatoms. The van der Waals surface area contributed by atoms with Gasteiger partial charge in [0.15, 0.2) is 11.3 Å². The van der Waals surface area contributed by atoms with Crippen LogP contribution in [0.2, 0.25) is 5.02 Å². The fraction of sp³-hybridized carbons (Fsp3) is 0.111. The maximum atomic E-state index is 12.5. The van der Waals surface area contributed by atoms with Crippen LogP contribution in [0.1, 0.15) is 16.1 Å². The zero-order valence-electron chi connectivity index (χ0n) is 8.49. The lowest BCUT2D eigenvalue weighted by Crippen LogP contribution is -2.06. The summed E-state index contributed by atoms with van der Waals surface area (Å²) in [5, 5.41) is 8.41. The Labute approximate surface area is 103 Å². The molecular formula is C9H6ClF3N2O3. The first kappa shape index (κ1) is 14.3. The molecule has 0 atom stereocenters. The molecule has 0 bridgehead atoms. The Morgan fingerprint density at radius 3 is 2.50 bits per heavy atom. The SMILES string of the molecule is O.O=C(O)c1cn2cc(C(F)(F)F)cc(Cl)c2n1. The van der Waals surface area contributed by atoms with Gasteiger partial charge < -0.3 is 15.0 Å². The van der Waals surface area contributed by atoms with Crippen LogP contribution in [0, 0.1) is 0 Å². The second-order valence-corrected chi connectivity index (χ2v) is 3.64. The molecule has 98 valence electrons. The summed E-state index contributed by atoms with van der Waals surface area (Å²) in [7, 11) is 0. The second-order valence-electron chi connectivity index (χ2n) is 3.24. The number of aromatic carboxylic acids is 1. The summed E-state index contributed by atoms with van der Waals surface area (Å²) in [4.78, 5) is 14.2. The fourth-order valence-corrected chi connectivity index (χ4v) is 1.57. The minimum absolute atomic E-state index is 0. The van der Waals surface area contributed by atoms with Crippen molar-refractivity contribution in [2.45, 2.75) is 6.18 Å². The molecule has 0 saturated carbocycles. The summed E-state index contributed by atoms with van der Waals surface area (Å²) >= 11 is 5.61. The van der Waals surface area contributed by atoms with Crippen molar-refractivity contribution < 1.29 is 28.5 Å². The van der Waals surface area contributed by atoms with Crippen molar-refractivity contribution in [3.05, 3.63) is 34.7 Å². The minimum atomic E-state index is -4.55. The maximum Gasteiger partial charge on any atom is 0.417 e. The van der Waals surface area contributed by atoms with Gasteiger partial charge in [0, 0.05) is 12.4 Å². The lowest BCUT2D eigenvalue weighted by Gasteiger charge is -2.07. The standard InChI is InChI=1S/C9H4ClF3N2O2.H2O/c10-5-1-4(9(11,12)13)2-15-3-6(8(16)17)14-7(5)15;/h1-3H,(H,16,17);1H2.